The van der Waals surface area contributed by atoms with E-state index in [0.717, 1.165) is 18.1 Å². The minimum atomic E-state index is 0.340. The second kappa shape index (κ2) is 9.03. The molecule has 6 atom stereocenters. The van der Waals surface area contributed by atoms with Crippen LogP contribution in [0.25, 0.3) is 0 Å². The molecule has 0 aromatic rings. The van der Waals surface area contributed by atoms with Crippen LogP contribution < -0.4 is 0 Å². The first kappa shape index (κ1) is 20.2. The van der Waals surface area contributed by atoms with Crippen molar-refractivity contribution < 1.29 is 9.47 Å². The molecule has 0 N–H and O–H groups in total. The summed E-state index contributed by atoms with van der Waals surface area (Å²) in [6.45, 7) is 16.1. The zero-order valence-corrected chi connectivity index (χ0v) is 17.2. The summed E-state index contributed by atoms with van der Waals surface area (Å²) in [5.74, 6) is 4.27. The predicted octanol–water partition coefficient (Wildman–Crippen LogP) is 6.45. The zero-order chi connectivity index (χ0) is 17.9. The first-order valence-corrected chi connectivity index (χ1v) is 10.4. The van der Waals surface area contributed by atoms with Gasteiger partial charge in [0.25, 0.3) is 0 Å². The van der Waals surface area contributed by atoms with Crippen molar-refractivity contribution in [3.63, 3.8) is 0 Å². The summed E-state index contributed by atoms with van der Waals surface area (Å²) in [6, 6.07) is 0. The Morgan fingerprint density at radius 3 is 1.42 bits per heavy atom. The topological polar surface area (TPSA) is 18.5 Å². The van der Waals surface area contributed by atoms with E-state index in [-0.39, 0.29) is 0 Å². The molecule has 0 saturated heterocycles. The average molecular weight is 338 g/mol. The second-order valence-corrected chi connectivity index (χ2v) is 9.46. The number of hydrogen-bond donors (Lipinski definition) is 0. The van der Waals surface area contributed by atoms with Gasteiger partial charge < -0.3 is 9.47 Å². The summed E-state index contributed by atoms with van der Waals surface area (Å²) in [5, 5.41) is 0. The van der Waals surface area contributed by atoms with Crippen LogP contribution in [0.2, 0.25) is 0 Å². The fourth-order valence-electron chi connectivity index (χ4n) is 4.95. The van der Waals surface area contributed by atoms with Crippen molar-refractivity contribution in [2.24, 2.45) is 35.5 Å². The van der Waals surface area contributed by atoms with E-state index in [0.29, 0.717) is 35.9 Å². The van der Waals surface area contributed by atoms with Crippen molar-refractivity contribution in [3.8, 4) is 0 Å². The smallest absolute Gasteiger partial charge is 0.221 e. The molecule has 6 unspecified atom stereocenters. The van der Waals surface area contributed by atoms with E-state index < -0.39 is 0 Å². The summed E-state index contributed by atoms with van der Waals surface area (Å²) >= 11 is 0. The van der Waals surface area contributed by atoms with E-state index in [1.54, 1.807) is 0 Å². The van der Waals surface area contributed by atoms with Gasteiger partial charge in [0.2, 0.25) is 6.29 Å². The minimum absolute atomic E-state index is 0.340. The maximum absolute atomic E-state index is 6.40. The summed E-state index contributed by atoms with van der Waals surface area (Å²) in [7, 11) is 0. The first-order chi connectivity index (χ1) is 11.3. The molecule has 0 aliphatic heterocycles. The lowest BCUT2D eigenvalue weighted by Crippen LogP contribution is -2.38. The van der Waals surface area contributed by atoms with Gasteiger partial charge in [-0.2, -0.15) is 0 Å². The van der Waals surface area contributed by atoms with Gasteiger partial charge in [-0.25, -0.2) is 0 Å². The largest absolute Gasteiger partial charge is 0.342 e. The monoisotopic (exact) mass is 337 g/mol. The van der Waals surface area contributed by atoms with E-state index >= 15 is 0 Å². The van der Waals surface area contributed by atoms with Crippen molar-refractivity contribution in [1.82, 2.24) is 0 Å². The molecule has 0 bridgehead atoms. The third-order valence-corrected chi connectivity index (χ3v) is 6.56. The fraction of sp³-hybridized carbons (Fsp3) is 0.955. The lowest BCUT2D eigenvalue weighted by molar-refractivity contribution is -0.155. The predicted molar refractivity (Wildman–Crippen MR) is 101 cm³/mol. The molecule has 0 heterocycles. The van der Waals surface area contributed by atoms with Gasteiger partial charge in [-0.05, 0) is 68.1 Å². The van der Waals surface area contributed by atoms with Crippen molar-refractivity contribution >= 4 is 0 Å². The molecule has 2 fully saturated rings. The molecule has 0 aromatic carbocycles. The Morgan fingerprint density at radius 1 is 0.708 bits per heavy atom. The Balaban J connectivity index is 1.93. The fourth-order valence-corrected chi connectivity index (χ4v) is 4.95. The first-order valence-electron chi connectivity index (χ1n) is 10.4. The van der Waals surface area contributed by atoms with Gasteiger partial charge in [-0.15, -0.1) is 0 Å². The molecule has 2 aliphatic rings. The van der Waals surface area contributed by atoms with Crippen molar-refractivity contribution in [3.05, 3.63) is 6.29 Å². The number of hydrogen-bond acceptors (Lipinski definition) is 2. The van der Waals surface area contributed by atoms with Crippen LogP contribution in [0.1, 0.15) is 87.0 Å². The Kier molecular flexibility index (Phi) is 7.61. The van der Waals surface area contributed by atoms with Gasteiger partial charge >= 0.3 is 0 Å². The highest BCUT2D eigenvalue weighted by Gasteiger charge is 2.36. The highest BCUT2D eigenvalue weighted by molar-refractivity contribution is 4.86. The van der Waals surface area contributed by atoms with Gasteiger partial charge in [-0.3, -0.25) is 0 Å². The third-order valence-electron chi connectivity index (χ3n) is 6.56. The molecular formula is C22H41O2. The Bertz CT molecular complexity index is 331. The maximum Gasteiger partial charge on any atom is 0.221 e. The lowest BCUT2D eigenvalue weighted by Gasteiger charge is -2.41. The van der Waals surface area contributed by atoms with E-state index in [1.165, 1.54) is 38.5 Å². The third kappa shape index (κ3) is 5.46. The van der Waals surface area contributed by atoms with Crippen LogP contribution in [0, 0.1) is 41.8 Å². The van der Waals surface area contributed by atoms with Gasteiger partial charge in [0.15, 0.2) is 0 Å². The maximum atomic E-state index is 6.40. The molecule has 24 heavy (non-hydrogen) atoms. The molecule has 0 amide bonds. The molecule has 2 aliphatic carbocycles. The Hall–Kier alpha value is -0.0800. The average Bonchev–Trinajstić information content (AvgIpc) is 2.46. The van der Waals surface area contributed by atoms with Crippen LogP contribution in [0.4, 0.5) is 0 Å². The van der Waals surface area contributed by atoms with Crippen molar-refractivity contribution in [2.75, 3.05) is 0 Å². The van der Waals surface area contributed by atoms with Gasteiger partial charge in [0, 0.05) is 0 Å². The Labute approximate surface area is 151 Å². The lowest BCUT2D eigenvalue weighted by atomic mass is 9.75. The van der Waals surface area contributed by atoms with Crippen molar-refractivity contribution in [2.45, 2.75) is 99.2 Å². The highest BCUT2D eigenvalue weighted by Crippen LogP contribution is 2.39. The Morgan fingerprint density at radius 2 is 1.08 bits per heavy atom. The van der Waals surface area contributed by atoms with Gasteiger partial charge in [0.05, 0.1) is 12.2 Å². The van der Waals surface area contributed by atoms with Gasteiger partial charge in [0.1, 0.15) is 0 Å². The van der Waals surface area contributed by atoms with E-state index in [4.69, 9.17) is 9.47 Å². The molecule has 2 rings (SSSR count). The summed E-state index contributed by atoms with van der Waals surface area (Å²) < 4.78 is 12.8. The molecule has 2 heteroatoms. The molecule has 0 aromatic heterocycles. The van der Waals surface area contributed by atoms with Gasteiger partial charge in [-0.1, -0.05) is 54.4 Å². The van der Waals surface area contributed by atoms with E-state index in [9.17, 15) is 0 Å². The molecule has 141 valence electrons. The molecular weight excluding hydrogens is 296 g/mol. The standard InChI is InChI=1S/C22H41O2/c1-14(2)19-10-8-16(5)12-21(19)23-18(7)24-22-13-17(6)9-11-20(22)15(3)4/h14-17,19-22H,8-13H2,1-7H3. The van der Waals surface area contributed by atoms with Crippen LogP contribution in [0.15, 0.2) is 0 Å². The molecule has 0 spiro atoms. The normalized spacial score (nSPS) is 38.2. The van der Waals surface area contributed by atoms with E-state index in [1.807, 2.05) is 6.92 Å². The SMILES string of the molecule is C[C](OC1CC(C)CCC1C(C)C)OC1CC(C)CCC1C(C)C. The quantitative estimate of drug-likeness (QED) is 0.554. The summed E-state index contributed by atoms with van der Waals surface area (Å²) in [6.07, 6.45) is 9.15. The molecule has 1 radical (unpaired) electrons. The summed E-state index contributed by atoms with van der Waals surface area (Å²) in [4.78, 5) is 0. The highest BCUT2D eigenvalue weighted by atomic mass is 16.7. The molecule has 2 saturated carbocycles. The van der Waals surface area contributed by atoms with Crippen LogP contribution in [-0.2, 0) is 9.47 Å². The van der Waals surface area contributed by atoms with Crippen LogP contribution in [-0.4, -0.2) is 12.2 Å². The van der Waals surface area contributed by atoms with Crippen LogP contribution >= 0.6 is 0 Å². The number of ether oxygens (including phenoxy) is 2. The van der Waals surface area contributed by atoms with E-state index in [2.05, 4.69) is 41.5 Å². The van der Waals surface area contributed by atoms with Crippen LogP contribution in [0.3, 0.4) is 0 Å². The number of rotatable bonds is 6. The molecule has 2 nitrogen and oxygen atoms in total. The second-order valence-electron chi connectivity index (χ2n) is 9.46. The van der Waals surface area contributed by atoms with Crippen LogP contribution in [0.5, 0.6) is 0 Å². The summed E-state index contributed by atoms with van der Waals surface area (Å²) in [5.41, 5.74) is 0. The van der Waals surface area contributed by atoms with Crippen molar-refractivity contribution in [1.29, 1.82) is 0 Å². The zero-order valence-electron chi connectivity index (χ0n) is 17.2. The minimum Gasteiger partial charge on any atom is -0.342 e.